The van der Waals surface area contributed by atoms with Crippen molar-refractivity contribution in [3.63, 3.8) is 0 Å². The second-order valence-electron chi connectivity index (χ2n) is 7.99. The molecular weight excluding hydrogens is 340 g/mol. The lowest BCUT2D eigenvalue weighted by Gasteiger charge is -2.57. The third-order valence-corrected chi connectivity index (χ3v) is 6.27. The molecule has 150 valence electrons. The van der Waals surface area contributed by atoms with Gasteiger partial charge in [-0.15, -0.1) is 0 Å². The first-order valence-corrected chi connectivity index (χ1v) is 9.82. The Morgan fingerprint density at radius 1 is 1.33 bits per heavy atom. The average molecular weight is 375 g/mol. The van der Waals surface area contributed by atoms with Crippen molar-refractivity contribution in [3.05, 3.63) is 35.9 Å². The molecule has 0 bridgehead atoms. The molecule has 4 unspecified atom stereocenters. The van der Waals surface area contributed by atoms with Crippen LogP contribution in [0.3, 0.4) is 0 Å². The normalized spacial score (nSPS) is 31.6. The van der Waals surface area contributed by atoms with Crippen molar-refractivity contribution >= 4 is 11.7 Å². The van der Waals surface area contributed by atoms with Gasteiger partial charge in [0.25, 0.3) is 0 Å². The zero-order chi connectivity index (χ0) is 20.2. The molecule has 1 saturated heterocycles. The minimum absolute atomic E-state index is 0.0580. The summed E-state index contributed by atoms with van der Waals surface area (Å²) in [6, 6.07) is 9.63. The van der Waals surface area contributed by atoms with E-state index in [0.29, 0.717) is 6.42 Å². The molecule has 1 aliphatic rings. The van der Waals surface area contributed by atoms with Gasteiger partial charge in [0, 0.05) is 23.6 Å². The summed E-state index contributed by atoms with van der Waals surface area (Å²) in [5.74, 6) is 0.108. The summed E-state index contributed by atoms with van der Waals surface area (Å²) in [4.78, 5) is 17.7. The van der Waals surface area contributed by atoms with Crippen LogP contribution in [0.4, 0.5) is 4.79 Å². The van der Waals surface area contributed by atoms with Crippen LogP contribution in [-0.2, 0) is 4.84 Å². The number of hydrogen-bond donors (Lipinski definition) is 2. The van der Waals surface area contributed by atoms with Gasteiger partial charge in [-0.25, -0.2) is 10.2 Å². The Balaban J connectivity index is 2.39. The van der Waals surface area contributed by atoms with E-state index in [0.717, 1.165) is 24.1 Å². The fourth-order valence-corrected chi connectivity index (χ4v) is 3.94. The highest BCUT2D eigenvalue weighted by Crippen LogP contribution is 2.45. The Morgan fingerprint density at radius 3 is 2.48 bits per heavy atom. The molecule has 2 rings (SSSR count). The van der Waals surface area contributed by atoms with Crippen LogP contribution in [0.5, 0.6) is 0 Å². The minimum Gasteiger partial charge on any atom is -0.350 e. The van der Waals surface area contributed by atoms with Gasteiger partial charge in [0.1, 0.15) is 6.10 Å². The third-order valence-electron chi connectivity index (χ3n) is 6.27. The van der Waals surface area contributed by atoms with E-state index in [-0.39, 0.29) is 23.1 Å². The van der Waals surface area contributed by atoms with Crippen LogP contribution in [0.15, 0.2) is 35.4 Å². The zero-order valence-electron chi connectivity index (χ0n) is 17.5. The van der Waals surface area contributed by atoms with Gasteiger partial charge in [0.15, 0.2) is 0 Å². The number of urea groups is 1. The number of carbonyl (C=O) groups excluding carboxylic acids is 1. The Kier molecular flexibility index (Phi) is 6.65. The largest absolute Gasteiger partial charge is 0.350 e. The van der Waals surface area contributed by atoms with E-state index < -0.39 is 6.03 Å². The van der Waals surface area contributed by atoms with Crippen LogP contribution in [0.1, 0.15) is 72.5 Å². The standard InChI is InChI=1S/C21H34N4O2/c1-7-20(5)14-18(23-24-19(22)26)15(3)21(6,8-2)25(20)27-16(4)17-12-10-9-11-13-17/h9-13,15-16H,7-8,14H2,1-6H3,(H3,22,24,26)/b23-18-. The lowest BCUT2D eigenvalue weighted by Crippen LogP contribution is -2.66. The number of hydrazone groups is 1. The maximum atomic E-state index is 11.1. The third kappa shape index (κ3) is 4.33. The summed E-state index contributed by atoms with van der Waals surface area (Å²) in [6.07, 6.45) is 2.44. The number of carbonyl (C=O) groups is 1. The first-order valence-electron chi connectivity index (χ1n) is 9.82. The smallest absolute Gasteiger partial charge is 0.332 e. The van der Waals surface area contributed by atoms with Crippen molar-refractivity contribution in [2.45, 2.75) is 78.0 Å². The number of hydroxylamine groups is 2. The molecule has 0 radical (unpaired) electrons. The molecule has 0 spiro atoms. The van der Waals surface area contributed by atoms with Gasteiger partial charge in [-0.1, -0.05) is 51.1 Å². The van der Waals surface area contributed by atoms with Crippen molar-refractivity contribution in [3.8, 4) is 0 Å². The van der Waals surface area contributed by atoms with Crippen LogP contribution in [0, 0.1) is 5.92 Å². The molecule has 0 aliphatic carbocycles. The molecule has 1 aromatic rings. The van der Waals surface area contributed by atoms with Crippen molar-refractivity contribution in [2.24, 2.45) is 16.8 Å². The molecule has 27 heavy (non-hydrogen) atoms. The molecule has 1 aromatic carbocycles. The lowest BCUT2D eigenvalue weighted by atomic mass is 9.70. The zero-order valence-corrected chi connectivity index (χ0v) is 17.5. The fraction of sp³-hybridized carbons (Fsp3) is 0.619. The highest BCUT2D eigenvalue weighted by molar-refractivity contribution is 5.90. The molecule has 1 fully saturated rings. The number of piperidine rings is 1. The Morgan fingerprint density at radius 2 is 1.96 bits per heavy atom. The first kappa shape index (κ1) is 21.4. The van der Waals surface area contributed by atoms with E-state index in [1.807, 2.05) is 18.2 Å². The fourth-order valence-electron chi connectivity index (χ4n) is 3.94. The van der Waals surface area contributed by atoms with Gasteiger partial charge < -0.3 is 5.73 Å². The molecule has 2 amide bonds. The van der Waals surface area contributed by atoms with Crippen molar-refractivity contribution < 1.29 is 9.63 Å². The van der Waals surface area contributed by atoms with Crippen molar-refractivity contribution in [2.75, 3.05) is 0 Å². The molecular formula is C21H34N4O2. The number of amides is 2. The summed E-state index contributed by atoms with van der Waals surface area (Å²) in [5, 5.41) is 6.53. The molecule has 1 heterocycles. The van der Waals surface area contributed by atoms with Gasteiger partial charge in [-0.3, -0.25) is 4.84 Å². The van der Waals surface area contributed by atoms with Crippen LogP contribution in [-0.4, -0.2) is 27.9 Å². The highest BCUT2D eigenvalue weighted by atomic mass is 16.7. The Bertz CT molecular complexity index is 678. The predicted molar refractivity (Wildman–Crippen MR) is 109 cm³/mol. The highest BCUT2D eigenvalue weighted by Gasteiger charge is 2.53. The molecule has 0 aromatic heterocycles. The number of nitrogens with zero attached hydrogens (tertiary/aromatic N) is 2. The number of nitrogens with one attached hydrogen (secondary N) is 1. The second-order valence-corrected chi connectivity index (χ2v) is 7.99. The number of nitrogens with two attached hydrogens (primary N) is 1. The summed E-state index contributed by atoms with van der Waals surface area (Å²) in [5.41, 5.74) is 9.24. The molecule has 1 aliphatic heterocycles. The number of rotatable bonds is 6. The quantitative estimate of drug-likeness (QED) is 0.725. The van der Waals surface area contributed by atoms with E-state index in [2.05, 4.69) is 69.3 Å². The number of benzene rings is 1. The van der Waals surface area contributed by atoms with Crippen LogP contribution < -0.4 is 11.2 Å². The molecule has 4 atom stereocenters. The molecule has 6 heteroatoms. The Labute approximate surface area is 163 Å². The van der Waals surface area contributed by atoms with Gasteiger partial charge in [0.05, 0.1) is 5.54 Å². The van der Waals surface area contributed by atoms with Crippen LogP contribution >= 0.6 is 0 Å². The van der Waals surface area contributed by atoms with Crippen molar-refractivity contribution in [1.29, 1.82) is 0 Å². The van der Waals surface area contributed by atoms with Gasteiger partial charge in [0.2, 0.25) is 0 Å². The summed E-state index contributed by atoms with van der Waals surface area (Å²) >= 11 is 0. The monoisotopic (exact) mass is 374 g/mol. The van der Waals surface area contributed by atoms with E-state index in [1.165, 1.54) is 0 Å². The SMILES string of the molecule is CCC1(C)C/C(=N/NC(N)=O)C(C)C(C)(CC)N1OC(C)c1ccccc1. The number of hydrogen-bond acceptors (Lipinski definition) is 4. The number of primary amides is 1. The lowest BCUT2D eigenvalue weighted by molar-refractivity contribution is -0.309. The topological polar surface area (TPSA) is 79.9 Å². The first-order chi connectivity index (χ1) is 12.7. The summed E-state index contributed by atoms with van der Waals surface area (Å²) < 4.78 is 0. The van der Waals surface area contributed by atoms with Gasteiger partial charge in [-0.2, -0.15) is 10.2 Å². The minimum atomic E-state index is -0.637. The Hall–Kier alpha value is -1.92. The molecule has 6 nitrogen and oxygen atoms in total. The van der Waals surface area contributed by atoms with E-state index in [4.69, 9.17) is 10.6 Å². The van der Waals surface area contributed by atoms with E-state index in [9.17, 15) is 4.79 Å². The second kappa shape index (κ2) is 8.40. The maximum absolute atomic E-state index is 11.1. The van der Waals surface area contributed by atoms with Crippen molar-refractivity contribution in [1.82, 2.24) is 10.5 Å². The van der Waals surface area contributed by atoms with Gasteiger partial charge in [-0.05, 0) is 39.2 Å². The summed E-state index contributed by atoms with van der Waals surface area (Å²) in [7, 11) is 0. The van der Waals surface area contributed by atoms with Crippen LogP contribution in [0.2, 0.25) is 0 Å². The predicted octanol–water partition coefficient (Wildman–Crippen LogP) is 4.38. The van der Waals surface area contributed by atoms with E-state index >= 15 is 0 Å². The molecule has 3 N–H and O–H groups in total. The average Bonchev–Trinajstić information content (AvgIpc) is 2.67. The van der Waals surface area contributed by atoms with E-state index in [1.54, 1.807) is 0 Å². The van der Waals surface area contributed by atoms with Crippen LogP contribution in [0.25, 0.3) is 0 Å². The maximum Gasteiger partial charge on any atom is 0.332 e. The van der Waals surface area contributed by atoms with Gasteiger partial charge >= 0.3 is 6.03 Å². The summed E-state index contributed by atoms with van der Waals surface area (Å²) in [6.45, 7) is 13.0. The molecule has 0 saturated carbocycles.